The minimum atomic E-state index is 0.558. The first-order valence-electron chi connectivity index (χ1n) is 5.51. The number of nitrogens with zero attached hydrogens (tertiary/aromatic N) is 3. The van der Waals surface area contributed by atoms with Crippen LogP contribution < -0.4 is 0 Å². The molecule has 1 saturated heterocycles. The summed E-state index contributed by atoms with van der Waals surface area (Å²) >= 11 is 7.26. The number of rotatable bonds is 3. The van der Waals surface area contributed by atoms with Gasteiger partial charge in [-0.1, -0.05) is 11.3 Å². The molecule has 82 valence electrons. The van der Waals surface area contributed by atoms with Gasteiger partial charge in [-0.25, -0.2) is 0 Å². The number of aromatic nitrogens is 2. The van der Waals surface area contributed by atoms with Crippen LogP contribution in [0.4, 0.5) is 0 Å². The van der Waals surface area contributed by atoms with E-state index in [9.17, 15) is 0 Å². The molecule has 1 aliphatic carbocycles. The smallest absolute Gasteiger partial charge is 0.207 e. The molecule has 0 bridgehead atoms. The predicted molar refractivity (Wildman–Crippen MR) is 61.0 cm³/mol. The molecule has 1 aromatic rings. The van der Waals surface area contributed by atoms with E-state index in [1.165, 1.54) is 43.7 Å². The molecular formula is C10H14ClN3S. The van der Waals surface area contributed by atoms with Gasteiger partial charge in [0.25, 0.3) is 0 Å². The van der Waals surface area contributed by atoms with E-state index >= 15 is 0 Å². The van der Waals surface area contributed by atoms with E-state index in [2.05, 4.69) is 15.1 Å². The Morgan fingerprint density at radius 3 is 2.80 bits per heavy atom. The maximum Gasteiger partial charge on any atom is 0.207 e. The normalized spacial score (nSPS) is 27.4. The molecule has 0 amide bonds. The molecule has 5 heteroatoms. The summed E-state index contributed by atoms with van der Waals surface area (Å²) in [6, 6.07) is 0. The highest BCUT2D eigenvalue weighted by Crippen LogP contribution is 2.41. The zero-order valence-corrected chi connectivity index (χ0v) is 10.1. The van der Waals surface area contributed by atoms with E-state index in [1.807, 2.05) is 0 Å². The average molecular weight is 244 g/mol. The Hall–Kier alpha value is -0.190. The van der Waals surface area contributed by atoms with Crippen LogP contribution in [-0.2, 0) is 6.54 Å². The minimum absolute atomic E-state index is 0.558. The van der Waals surface area contributed by atoms with Gasteiger partial charge in [0.2, 0.25) is 4.47 Å². The Morgan fingerprint density at radius 1 is 1.27 bits per heavy atom. The van der Waals surface area contributed by atoms with E-state index < -0.39 is 0 Å². The Kier molecular flexibility index (Phi) is 2.66. The maximum absolute atomic E-state index is 5.76. The molecule has 0 radical (unpaired) electrons. The standard InChI is InChI=1S/C10H14ClN3S/c11-10-13-12-9(15-10)6-14-4-3-8(5-14)7-1-2-7/h7-8H,1-6H2. The first-order chi connectivity index (χ1) is 7.31. The van der Waals surface area contributed by atoms with Gasteiger partial charge in [-0.05, 0) is 49.2 Å². The fourth-order valence-electron chi connectivity index (χ4n) is 2.45. The van der Waals surface area contributed by atoms with Crippen molar-refractivity contribution in [2.24, 2.45) is 11.8 Å². The summed E-state index contributed by atoms with van der Waals surface area (Å²) in [7, 11) is 0. The minimum Gasteiger partial charge on any atom is -0.296 e. The quantitative estimate of drug-likeness (QED) is 0.817. The molecule has 0 aromatic carbocycles. The zero-order valence-electron chi connectivity index (χ0n) is 8.53. The van der Waals surface area contributed by atoms with Crippen LogP contribution in [-0.4, -0.2) is 28.2 Å². The van der Waals surface area contributed by atoms with Crippen LogP contribution in [0.2, 0.25) is 4.47 Å². The molecule has 1 saturated carbocycles. The van der Waals surface area contributed by atoms with Crippen molar-refractivity contribution in [1.82, 2.24) is 15.1 Å². The third-order valence-electron chi connectivity index (χ3n) is 3.40. The number of likely N-dealkylation sites (tertiary alicyclic amines) is 1. The van der Waals surface area contributed by atoms with Gasteiger partial charge < -0.3 is 0 Å². The van der Waals surface area contributed by atoms with E-state index in [0.29, 0.717) is 4.47 Å². The lowest BCUT2D eigenvalue weighted by atomic mass is 10.0. The lowest BCUT2D eigenvalue weighted by Gasteiger charge is -2.13. The largest absolute Gasteiger partial charge is 0.296 e. The van der Waals surface area contributed by atoms with Gasteiger partial charge in [0, 0.05) is 6.54 Å². The van der Waals surface area contributed by atoms with Gasteiger partial charge in [0.05, 0.1) is 6.54 Å². The van der Waals surface area contributed by atoms with Crippen molar-refractivity contribution < 1.29 is 0 Å². The number of hydrogen-bond donors (Lipinski definition) is 0. The lowest BCUT2D eigenvalue weighted by molar-refractivity contribution is 0.308. The van der Waals surface area contributed by atoms with Crippen LogP contribution >= 0.6 is 22.9 Å². The van der Waals surface area contributed by atoms with Crippen molar-refractivity contribution in [3.8, 4) is 0 Å². The molecule has 1 atom stereocenters. The van der Waals surface area contributed by atoms with Gasteiger partial charge in [-0.2, -0.15) is 0 Å². The number of hydrogen-bond acceptors (Lipinski definition) is 4. The van der Waals surface area contributed by atoms with E-state index in [1.54, 1.807) is 0 Å². The van der Waals surface area contributed by atoms with Gasteiger partial charge >= 0.3 is 0 Å². The summed E-state index contributed by atoms with van der Waals surface area (Å²) in [5.41, 5.74) is 0. The molecular weight excluding hydrogens is 230 g/mol. The zero-order chi connectivity index (χ0) is 10.3. The van der Waals surface area contributed by atoms with Crippen molar-refractivity contribution in [3.05, 3.63) is 9.47 Å². The van der Waals surface area contributed by atoms with Crippen molar-refractivity contribution in [2.45, 2.75) is 25.8 Å². The summed E-state index contributed by atoms with van der Waals surface area (Å²) in [5.74, 6) is 1.99. The van der Waals surface area contributed by atoms with Crippen molar-refractivity contribution in [1.29, 1.82) is 0 Å². The summed E-state index contributed by atoms with van der Waals surface area (Å²) in [6.45, 7) is 3.41. The summed E-state index contributed by atoms with van der Waals surface area (Å²) in [4.78, 5) is 2.49. The van der Waals surface area contributed by atoms with Crippen LogP contribution in [0.15, 0.2) is 0 Å². The highest BCUT2D eigenvalue weighted by atomic mass is 35.5. The highest BCUT2D eigenvalue weighted by Gasteiger charge is 2.35. The van der Waals surface area contributed by atoms with E-state index in [4.69, 9.17) is 11.6 Å². The average Bonchev–Trinajstić information content (AvgIpc) is 2.84. The Morgan fingerprint density at radius 2 is 2.13 bits per heavy atom. The molecule has 15 heavy (non-hydrogen) atoms. The van der Waals surface area contributed by atoms with Crippen molar-refractivity contribution >= 4 is 22.9 Å². The van der Waals surface area contributed by atoms with Crippen LogP contribution in [0.25, 0.3) is 0 Å². The van der Waals surface area contributed by atoms with Crippen LogP contribution in [0.5, 0.6) is 0 Å². The molecule has 1 aromatic heterocycles. The van der Waals surface area contributed by atoms with Crippen LogP contribution in [0, 0.1) is 11.8 Å². The second kappa shape index (κ2) is 4.00. The Bertz CT molecular complexity index is 350. The molecule has 2 heterocycles. The third-order valence-corrected chi connectivity index (χ3v) is 4.40. The molecule has 0 spiro atoms. The molecule has 1 aliphatic heterocycles. The maximum atomic E-state index is 5.76. The molecule has 1 unspecified atom stereocenters. The molecule has 2 fully saturated rings. The molecule has 3 rings (SSSR count). The topological polar surface area (TPSA) is 29.0 Å². The van der Waals surface area contributed by atoms with Crippen LogP contribution in [0.3, 0.4) is 0 Å². The second-order valence-corrected chi connectivity index (χ2v) is 6.21. The van der Waals surface area contributed by atoms with Crippen molar-refractivity contribution in [3.63, 3.8) is 0 Å². The Labute approximate surface area is 98.5 Å². The third kappa shape index (κ3) is 2.32. The highest BCUT2D eigenvalue weighted by molar-refractivity contribution is 7.15. The lowest BCUT2D eigenvalue weighted by Crippen LogP contribution is -2.20. The summed E-state index contributed by atoms with van der Waals surface area (Å²) in [6.07, 6.45) is 4.30. The second-order valence-electron chi connectivity index (χ2n) is 4.57. The number of halogens is 1. The molecule has 2 aliphatic rings. The van der Waals surface area contributed by atoms with E-state index in [-0.39, 0.29) is 0 Å². The van der Waals surface area contributed by atoms with Gasteiger partial charge in [0.15, 0.2) is 0 Å². The fourth-order valence-corrected chi connectivity index (χ4v) is 3.36. The predicted octanol–water partition coefficient (Wildman–Crippen LogP) is 2.42. The van der Waals surface area contributed by atoms with Crippen LogP contribution in [0.1, 0.15) is 24.3 Å². The first kappa shape index (κ1) is 10.00. The summed E-state index contributed by atoms with van der Waals surface area (Å²) < 4.78 is 0.558. The molecule has 3 nitrogen and oxygen atoms in total. The van der Waals surface area contributed by atoms with Gasteiger partial charge in [-0.15, -0.1) is 10.2 Å². The SMILES string of the molecule is Clc1nnc(CN2CCC(C3CC3)C2)s1. The first-order valence-corrected chi connectivity index (χ1v) is 6.71. The van der Waals surface area contributed by atoms with Gasteiger partial charge in [0.1, 0.15) is 5.01 Å². The monoisotopic (exact) mass is 243 g/mol. The van der Waals surface area contributed by atoms with Gasteiger partial charge in [-0.3, -0.25) is 4.90 Å². The van der Waals surface area contributed by atoms with E-state index in [0.717, 1.165) is 23.4 Å². The molecule has 0 N–H and O–H groups in total. The Balaban J connectivity index is 1.56. The summed E-state index contributed by atoms with van der Waals surface area (Å²) in [5, 5.41) is 8.94. The van der Waals surface area contributed by atoms with Crippen molar-refractivity contribution in [2.75, 3.05) is 13.1 Å². The fraction of sp³-hybridized carbons (Fsp3) is 0.800.